The Hall–Kier alpha value is -1.28. The van der Waals surface area contributed by atoms with E-state index in [0.29, 0.717) is 5.02 Å². The summed E-state index contributed by atoms with van der Waals surface area (Å²) in [5.41, 5.74) is 1.01. The molecule has 1 aromatic carbocycles. The van der Waals surface area contributed by atoms with Crippen LogP contribution in [0.25, 0.3) is 6.08 Å². The number of halogens is 1. The Morgan fingerprint density at radius 1 is 1.38 bits per heavy atom. The summed E-state index contributed by atoms with van der Waals surface area (Å²) in [6.45, 7) is 1.58. The smallest absolute Gasteiger partial charge is 0.417 e. The minimum Gasteiger partial charge on any atom is -0.453 e. The lowest BCUT2D eigenvalue weighted by atomic mass is 10.2. The summed E-state index contributed by atoms with van der Waals surface area (Å²) in [7, 11) is 0. The van der Waals surface area contributed by atoms with Crippen LogP contribution in [0.2, 0.25) is 5.02 Å². The number of ether oxygens (including phenoxy) is 1. The molecular weight excluding hydrogens is 188 g/mol. The van der Waals surface area contributed by atoms with Crippen LogP contribution in [0.15, 0.2) is 30.3 Å². The van der Waals surface area contributed by atoms with Crippen molar-refractivity contribution < 1.29 is 9.53 Å². The van der Waals surface area contributed by atoms with Gasteiger partial charge in [-0.3, -0.25) is 0 Å². The van der Waals surface area contributed by atoms with Crippen molar-refractivity contribution >= 4 is 24.1 Å². The van der Waals surface area contributed by atoms with Crippen molar-refractivity contribution in [3.05, 3.63) is 40.9 Å². The molecule has 1 rings (SSSR count). The van der Waals surface area contributed by atoms with Gasteiger partial charge < -0.3 is 4.74 Å². The Bertz CT molecular complexity index is 290. The largest absolute Gasteiger partial charge is 0.453 e. The van der Waals surface area contributed by atoms with Crippen molar-refractivity contribution in [2.45, 2.75) is 0 Å². The first-order chi connectivity index (χ1) is 6.33. The molecular formula is C10H8ClO2. The molecule has 0 atom stereocenters. The first-order valence-electron chi connectivity index (χ1n) is 3.74. The predicted molar refractivity (Wildman–Crippen MR) is 52.1 cm³/mol. The molecule has 0 saturated carbocycles. The first kappa shape index (κ1) is 9.81. The lowest BCUT2D eigenvalue weighted by molar-refractivity contribution is 0.314. The van der Waals surface area contributed by atoms with Gasteiger partial charge in [0.05, 0.1) is 0 Å². The standard InChI is InChI=1S/C10H8ClO2/c11-10-5-3-9(4-6-10)2-1-7-13-8-12/h1-6H,7H2/b2-1+. The molecule has 0 heterocycles. The van der Waals surface area contributed by atoms with Crippen LogP contribution in [0.4, 0.5) is 0 Å². The Balaban J connectivity index is 2.49. The van der Waals surface area contributed by atoms with E-state index in [-0.39, 0.29) is 6.61 Å². The van der Waals surface area contributed by atoms with Crippen molar-refractivity contribution in [2.24, 2.45) is 0 Å². The zero-order valence-corrected chi connectivity index (χ0v) is 7.62. The third-order valence-corrected chi connectivity index (χ3v) is 1.67. The van der Waals surface area contributed by atoms with Gasteiger partial charge in [-0.15, -0.1) is 0 Å². The fourth-order valence-corrected chi connectivity index (χ4v) is 0.966. The average molecular weight is 196 g/mol. The Labute approximate surface area is 81.8 Å². The topological polar surface area (TPSA) is 26.3 Å². The molecule has 13 heavy (non-hydrogen) atoms. The van der Waals surface area contributed by atoms with Gasteiger partial charge in [0, 0.05) is 5.02 Å². The highest BCUT2D eigenvalue weighted by Crippen LogP contribution is 2.10. The third kappa shape index (κ3) is 3.76. The van der Waals surface area contributed by atoms with E-state index in [2.05, 4.69) is 4.74 Å². The molecule has 0 aliphatic rings. The van der Waals surface area contributed by atoms with Crippen LogP contribution in [0.1, 0.15) is 5.56 Å². The Kier molecular flexibility index (Phi) is 4.06. The van der Waals surface area contributed by atoms with Crippen LogP contribution in [0.3, 0.4) is 0 Å². The van der Waals surface area contributed by atoms with E-state index >= 15 is 0 Å². The maximum absolute atomic E-state index is 9.66. The van der Waals surface area contributed by atoms with Crippen LogP contribution >= 0.6 is 11.6 Å². The normalized spacial score (nSPS) is 10.2. The second kappa shape index (κ2) is 5.38. The quantitative estimate of drug-likeness (QED) is 0.690. The van der Waals surface area contributed by atoms with Crippen LogP contribution in [0.5, 0.6) is 0 Å². The highest BCUT2D eigenvalue weighted by molar-refractivity contribution is 6.30. The SMILES string of the molecule is O=[C]OC/C=C/c1ccc(Cl)cc1. The average Bonchev–Trinajstić information content (AvgIpc) is 2.15. The summed E-state index contributed by atoms with van der Waals surface area (Å²) in [4.78, 5) is 9.66. The van der Waals surface area contributed by atoms with Crippen molar-refractivity contribution in [1.82, 2.24) is 0 Å². The highest BCUT2D eigenvalue weighted by Gasteiger charge is 1.86. The Morgan fingerprint density at radius 3 is 2.69 bits per heavy atom. The molecule has 1 radical (unpaired) electrons. The fourth-order valence-electron chi connectivity index (χ4n) is 0.840. The first-order valence-corrected chi connectivity index (χ1v) is 4.12. The summed E-state index contributed by atoms with van der Waals surface area (Å²) in [6.07, 6.45) is 3.57. The van der Waals surface area contributed by atoms with Gasteiger partial charge in [0.2, 0.25) is 0 Å². The van der Waals surface area contributed by atoms with Gasteiger partial charge >= 0.3 is 6.47 Å². The summed E-state index contributed by atoms with van der Waals surface area (Å²) in [5, 5.41) is 0.703. The predicted octanol–water partition coefficient (Wildman–Crippen LogP) is 2.44. The zero-order chi connectivity index (χ0) is 9.52. The summed E-state index contributed by atoms with van der Waals surface area (Å²) in [6, 6.07) is 7.36. The second-order valence-corrected chi connectivity index (χ2v) is 2.78. The van der Waals surface area contributed by atoms with Gasteiger partial charge in [-0.25, -0.2) is 4.79 Å². The van der Waals surface area contributed by atoms with Crippen molar-refractivity contribution in [2.75, 3.05) is 6.61 Å². The van der Waals surface area contributed by atoms with E-state index in [1.165, 1.54) is 6.47 Å². The number of benzene rings is 1. The molecule has 0 saturated heterocycles. The summed E-state index contributed by atoms with van der Waals surface area (Å²) < 4.78 is 4.36. The lowest BCUT2D eigenvalue weighted by Crippen LogP contribution is -1.84. The maximum Gasteiger partial charge on any atom is 0.417 e. The number of hydrogen-bond donors (Lipinski definition) is 0. The summed E-state index contributed by atoms with van der Waals surface area (Å²) in [5.74, 6) is 0. The molecule has 0 aliphatic carbocycles. The van der Waals surface area contributed by atoms with Crippen LogP contribution < -0.4 is 0 Å². The van der Waals surface area contributed by atoms with Crippen LogP contribution in [-0.4, -0.2) is 13.1 Å². The molecule has 0 N–H and O–H groups in total. The molecule has 0 spiro atoms. The maximum atomic E-state index is 9.66. The van der Waals surface area contributed by atoms with Gasteiger partial charge in [0.1, 0.15) is 6.61 Å². The van der Waals surface area contributed by atoms with Gasteiger partial charge in [0.15, 0.2) is 0 Å². The van der Waals surface area contributed by atoms with E-state index in [1.807, 2.05) is 18.2 Å². The number of carbonyl (C=O) groups excluding carboxylic acids is 1. The zero-order valence-electron chi connectivity index (χ0n) is 6.87. The molecule has 0 amide bonds. The van der Waals surface area contributed by atoms with E-state index in [0.717, 1.165) is 5.56 Å². The Morgan fingerprint density at radius 2 is 2.08 bits per heavy atom. The van der Waals surface area contributed by atoms with E-state index in [4.69, 9.17) is 11.6 Å². The highest BCUT2D eigenvalue weighted by atomic mass is 35.5. The summed E-state index contributed by atoms with van der Waals surface area (Å²) >= 11 is 5.70. The van der Waals surface area contributed by atoms with Crippen molar-refractivity contribution in [1.29, 1.82) is 0 Å². The molecule has 67 valence electrons. The fraction of sp³-hybridized carbons (Fsp3) is 0.100. The lowest BCUT2D eigenvalue weighted by Gasteiger charge is -1.93. The van der Waals surface area contributed by atoms with Crippen molar-refractivity contribution in [3.8, 4) is 0 Å². The molecule has 0 aliphatic heterocycles. The van der Waals surface area contributed by atoms with Crippen LogP contribution in [0, 0.1) is 0 Å². The van der Waals surface area contributed by atoms with Gasteiger partial charge in [0.25, 0.3) is 0 Å². The number of hydrogen-bond acceptors (Lipinski definition) is 2. The van der Waals surface area contributed by atoms with Gasteiger partial charge in [-0.05, 0) is 23.8 Å². The van der Waals surface area contributed by atoms with E-state index in [9.17, 15) is 4.79 Å². The minimum atomic E-state index is 0.242. The molecule has 3 heteroatoms. The molecule has 0 aromatic heterocycles. The monoisotopic (exact) mass is 195 g/mol. The van der Waals surface area contributed by atoms with E-state index < -0.39 is 0 Å². The molecule has 2 nitrogen and oxygen atoms in total. The number of rotatable bonds is 4. The second-order valence-electron chi connectivity index (χ2n) is 2.35. The third-order valence-electron chi connectivity index (χ3n) is 1.42. The van der Waals surface area contributed by atoms with Gasteiger partial charge in [-0.2, -0.15) is 0 Å². The molecule has 0 unspecified atom stereocenters. The molecule has 0 fully saturated rings. The van der Waals surface area contributed by atoms with Gasteiger partial charge in [-0.1, -0.05) is 29.8 Å². The minimum absolute atomic E-state index is 0.242. The van der Waals surface area contributed by atoms with E-state index in [1.54, 1.807) is 18.2 Å². The molecule has 0 bridgehead atoms. The van der Waals surface area contributed by atoms with Crippen LogP contribution in [-0.2, 0) is 9.53 Å². The molecule has 1 aromatic rings. The van der Waals surface area contributed by atoms with Crippen molar-refractivity contribution in [3.63, 3.8) is 0 Å².